The van der Waals surface area contributed by atoms with Crippen LogP contribution in [0.5, 0.6) is 10.8 Å². The molecule has 0 amide bonds. The van der Waals surface area contributed by atoms with Crippen LogP contribution in [-0.4, -0.2) is 4.37 Å². The molecule has 0 saturated carbocycles. The van der Waals surface area contributed by atoms with Crippen LogP contribution < -0.4 is 10.5 Å². The van der Waals surface area contributed by atoms with E-state index < -0.39 is 0 Å². The van der Waals surface area contributed by atoms with Gasteiger partial charge in [0.1, 0.15) is 5.82 Å². The van der Waals surface area contributed by atoms with Crippen LogP contribution in [0.25, 0.3) is 10.9 Å². The monoisotopic (exact) mass is 260 g/mol. The van der Waals surface area contributed by atoms with Crippen molar-refractivity contribution in [2.24, 2.45) is 0 Å². The highest BCUT2D eigenvalue weighted by atomic mass is 32.1. The molecule has 0 bridgehead atoms. The van der Waals surface area contributed by atoms with Gasteiger partial charge in [-0.1, -0.05) is 12.1 Å². The maximum atomic E-state index is 13.1. The molecule has 3 rings (SSSR count). The highest BCUT2D eigenvalue weighted by Gasteiger charge is 2.10. The molecule has 0 radical (unpaired) electrons. The van der Waals surface area contributed by atoms with Gasteiger partial charge in [-0.15, -0.1) is 0 Å². The van der Waals surface area contributed by atoms with Crippen molar-refractivity contribution in [3.05, 3.63) is 48.3 Å². The van der Waals surface area contributed by atoms with Crippen molar-refractivity contribution in [2.75, 3.05) is 5.73 Å². The fraction of sp³-hybridized carbons (Fsp3) is 0. The molecule has 1 aromatic heterocycles. The zero-order valence-corrected chi connectivity index (χ0v) is 10.1. The Balaban J connectivity index is 2.04. The van der Waals surface area contributed by atoms with Crippen molar-refractivity contribution >= 4 is 28.1 Å². The summed E-state index contributed by atoms with van der Waals surface area (Å²) in [5.41, 5.74) is 6.99. The topological polar surface area (TPSA) is 48.1 Å². The van der Waals surface area contributed by atoms with Crippen LogP contribution in [0.15, 0.2) is 42.5 Å². The van der Waals surface area contributed by atoms with E-state index in [0.717, 1.165) is 10.9 Å². The third-order valence-corrected chi connectivity index (χ3v) is 3.29. The van der Waals surface area contributed by atoms with Crippen LogP contribution in [0.4, 0.5) is 10.1 Å². The smallest absolute Gasteiger partial charge is 0.208 e. The fourth-order valence-corrected chi connectivity index (χ4v) is 2.37. The number of nitrogen functional groups attached to an aromatic ring is 1. The summed E-state index contributed by atoms with van der Waals surface area (Å²) in [5, 5.41) is 1.51. The number of halogens is 1. The minimum Gasteiger partial charge on any atom is -0.442 e. The Morgan fingerprint density at radius 2 is 2.00 bits per heavy atom. The summed E-state index contributed by atoms with van der Waals surface area (Å²) in [5.74, 6) is -0.0718. The molecule has 0 atom stereocenters. The van der Waals surface area contributed by atoms with E-state index in [1.165, 1.54) is 29.7 Å². The lowest BCUT2D eigenvalue weighted by molar-refractivity contribution is 0.497. The minimum absolute atomic E-state index is 0.310. The normalized spacial score (nSPS) is 10.7. The van der Waals surface area contributed by atoms with Crippen molar-refractivity contribution in [1.29, 1.82) is 0 Å². The highest BCUT2D eigenvalue weighted by Crippen LogP contribution is 2.36. The summed E-state index contributed by atoms with van der Waals surface area (Å²) in [7, 11) is 0. The summed E-state index contributed by atoms with van der Waals surface area (Å²) in [6.45, 7) is 0. The lowest BCUT2D eigenvalue weighted by atomic mass is 10.2. The fourth-order valence-electron chi connectivity index (χ4n) is 1.64. The first-order chi connectivity index (χ1) is 8.74. The summed E-state index contributed by atoms with van der Waals surface area (Å²) in [6, 6.07) is 11.7. The van der Waals surface area contributed by atoms with E-state index in [9.17, 15) is 4.39 Å². The minimum atomic E-state index is -0.381. The van der Waals surface area contributed by atoms with Crippen LogP contribution in [-0.2, 0) is 0 Å². The number of ether oxygens (including phenoxy) is 1. The third kappa shape index (κ3) is 1.89. The van der Waals surface area contributed by atoms with Gasteiger partial charge in [0.2, 0.25) is 5.06 Å². The second kappa shape index (κ2) is 4.27. The Morgan fingerprint density at radius 3 is 2.89 bits per heavy atom. The van der Waals surface area contributed by atoms with Crippen molar-refractivity contribution in [3.63, 3.8) is 0 Å². The Bertz CT molecular complexity index is 711. The van der Waals surface area contributed by atoms with Gasteiger partial charge in [0.05, 0.1) is 16.6 Å². The Morgan fingerprint density at radius 1 is 1.17 bits per heavy atom. The predicted octanol–water partition coefficient (Wildman–Crippen LogP) is 3.81. The molecular weight excluding hydrogens is 251 g/mol. The first kappa shape index (κ1) is 11.0. The van der Waals surface area contributed by atoms with E-state index in [-0.39, 0.29) is 5.82 Å². The standard InChI is InChI=1S/C13H9FN2OS/c14-8-5-6-10(15)12(7-8)17-13-9-3-1-2-4-11(9)16-18-13/h1-7H,15H2. The zero-order valence-electron chi connectivity index (χ0n) is 9.26. The van der Waals surface area contributed by atoms with Crippen molar-refractivity contribution < 1.29 is 9.13 Å². The highest BCUT2D eigenvalue weighted by molar-refractivity contribution is 7.09. The van der Waals surface area contributed by atoms with E-state index in [2.05, 4.69) is 4.37 Å². The SMILES string of the molecule is Nc1ccc(F)cc1Oc1snc2ccccc12. The molecule has 0 aliphatic carbocycles. The lowest BCUT2D eigenvalue weighted by Gasteiger charge is -2.06. The van der Waals surface area contributed by atoms with E-state index >= 15 is 0 Å². The van der Waals surface area contributed by atoms with Gasteiger partial charge in [0, 0.05) is 17.6 Å². The largest absolute Gasteiger partial charge is 0.442 e. The Kier molecular flexibility index (Phi) is 2.60. The van der Waals surface area contributed by atoms with Gasteiger partial charge in [-0.25, -0.2) is 4.39 Å². The van der Waals surface area contributed by atoms with Crippen LogP contribution in [0.1, 0.15) is 0 Å². The molecule has 3 nitrogen and oxygen atoms in total. The molecule has 2 N–H and O–H groups in total. The van der Waals surface area contributed by atoms with Crippen molar-refractivity contribution in [3.8, 4) is 10.8 Å². The lowest BCUT2D eigenvalue weighted by Crippen LogP contribution is -1.91. The van der Waals surface area contributed by atoms with Gasteiger partial charge >= 0.3 is 0 Å². The van der Waals surface area contributed by atoms with Crippen molar-refractivity contribution in [2.45, 2.75) is 0 Å². The van der Waals surface area contributed by atoms with Gasteiger partial charge in [-0.3, -0.25) is 0 Å². The first-order valence-electron chi connectivity index (χ1n) is 5.31. The molecule has 0 spiro atoms. The Hall–Kier alpha value is -2.14. The van der Waals surface area contributed by atoms with E-state index in [1.807, 2.05) is 24.3 Å². The number of nitrogens with two attached hydrogens (primary N) is 1. The predicted molar refractivity (Wildman–Crippen MR) is 70.5 cm³/mol. The number of rotatable bonds is 2. The molecule has 0 unspecified atom stereocenters. The van der Waals surface area contributed by atoms with Gasteiger partial charge in [-0.05, 0) is 24.3 Å². The zero-order chi connectivity index (χ0) is 12.5. The molecule has 2 aromatic carbocycles. The number of anilines is 1. The van der Waals surface area contributed by atoms with E-state index in [4.69, 9.17) is 10.5 Å². The quantitative estimate of drug-likeness (QED) is 0.713. The average molecular weight is 260 g/mol. The third-order valence-electron chi connectivity index (χ3n) is 2.53. The molecule has 18 heavy (non-hydrogen) atoms. The molecule has 0 fully saturated rings. The first-order valence-corrected chi connectivity index (χ1v) is 6.08. The molecule has 0 saturated heterocycles. The van der Waals surface area contributed by atoms with Crippen LogP contribution >= 0.6 is 11.5 Å². The number of fused-ring (bicyclic) bond motifs is 1. The second-order valence-electron chi connectivity index (χ2n) is 3.77. The summed E-state index contributed by atoms with van der Waals surface area (Å²) < 4.78 is 23.0. The number of hydrogen-bond acceptors (Lipinski definition) is 4. The van der Waals surface area contributed by atoms with Crippen LogP contribution in [0.3, 0.4) is 0 Å². The second-order valence-corrected chi connectivity index (χ2v) is 4.51. The molecule has 90 valence electrons. The summed E-state index contributed by atoms with van der Waals surface area (Å²) in [4.78, 5) is 0. The number of hydrogen-bond donors (Lipinski definition) is 1. The van der Waals surface area contributed by atoms with Crippen LogP contribution in [0.2, 0.25) is 0 Å². The maximum Gasteiger partial charge on any atom is 0.208 e. The number of benzene rings is 2. The van der Waals surface area contributed by atoms with Gasteiger partial charge < -0.3 is 10.5 Å². The van der Waals surface area contributed by atoms with Gasteiger partial charge in [0.25, 0.3) is 0 Å². The van der Waals surface area contributed by atoms with Crippen LogP contribution in [0, 0.1) is 5.82 Å². The Labute approximate surface area is 107 Å². The average Bonchev–Trinajstić information content (AvgIpc) is 2.78. The van der Waals surface area contributed by atoms with Gasteiger partial charge in [0.15, 0.2) is 5.75 Å². The maximum absolute atomic E-state index is 13.1. The molecule has 5 heteroatoms. The summed E-state index contributed by atoms with van der Waals surface area (Å²) >= 11 is 1.22. The number of nitrogens with zero attached hydrogens (tertiary/aromatic N) is 1. The molecule has 1 heterocycles. The van der Waals surface area contributed by atoms with E-state index in [1.54, 1.807) is 0 Å². The molecule has 0 aliphatic rings. The van der Waals surface area contributed by atoms with E-state index in [0.29, 0.717) is 16.5 Å². The summed E-state index contributed by atoms with van der Waals surface area (Å²) in [6.07, 6.45) is 0. The molecule has 0 aliphatic heterocycles. The van der Waals surface area contributed by atoms with Crippen molar-refractivity contribution in [1.82, 2.24) is 4.37 Å². The molecule has 3 aromatic rings. The number of aromatic nitrogens is 1. The molecular formula is C13H9FN2OS. The van der Waals surface area contributed by atoms with Gasteiger partial charge in [-0.2, -0.15) is 4.37 Å².